The maximum Gasteiger partial charge on any atom is 0.224 e. The van der Waals surface area contributed by atoms with Gasteiger partial charge < -0.3 is 5.11 Å². The predicted molar refractivity (Wildman–Crippen MR) is 73.6 cm³/mol. The molecule has 2 atom stereocenters. The Labute approximate surface area is 114 Å². The number of alkyl halides is 2. The number of aliphatic hydroxyl groups excluding tert-OH is 1. The van der Waals surface area contributed by atoms with Gasteiger partial charge in [-0.05, 0) is 35.1 Å². The topological polar surface area (TPSA) is 54.4 Å². The largest absolute Gasteiger partial charge is 0.385 e. The van der Waals surface area contributed by atoms with Gasteiger partial charge in [-0.25, -0.2) is 8.42 Å². The summed E-state index contributed by atoms with van der Waals surface area (Å²) >= 11 is 7.43. The van der Waals surface area contributed by atoms with Gasteiger partial charge in [0.2, 0.25) is 2.21 Å². The molecule has 0 radical (unpaired) electrons. The molecule has 1 rings (SSSR count). The molecule has 0 fully saturated rings. The van der Waals surface area contributed by atoms with E-state index in [1.54, 1.807) is 46.9 Å². The summed E-state index contributed by atoms with van der Waals surface area (Å²) in [6.45, 7) is 1.91. The zero-order valence-electron chi connectivity index (χ0n) is 8.81. The lowest BCUT2D eigenvalue weighted by atomic mass is 10.1. The second kappa shape index (κ2) is 4.80. The van der Waals surface area contributed by atoms with Crippen LogP contribution in [0.2, 0.25) is 0 Å². The van der Waals surface area contributed by atoms with Gasteiger partial charge in [0.15, 0.2) is 9.84 Å². The van der Waals surface area contributed by atoms with E-state index in [2.05, 4.69) is 0 Å². The minimum Gasteiger partial charge on any atom is -0.385 e. The lowest BCUT2D eigenvalue weighted by Gasteiger charge is -2.24. The quantitative estimate of drug-likeness (QED) is 0.653. The molecular formula is C10H12ClIO3S. The molecule has 90 valence electrons. The van der Waals surface area contributed by atoms with Crippen molar-refractivity contribution in [3.05, 3.63) is 35.4 Å². The van der Waals surface area contributed by atoms with Crippen LogP contribution >= 0.6 is 34.2 Å². The number of hydrogen-bond acceptors (Lipinski definition) is 3. The summed E-state index contributed by atoms with van der Waals surface area (Å²) in [6.07, 6.45) is -0.255. The van der Waals surface area contributed by atoms with Crippen LogP contribution in [0.3, 0.4) is 0 Å². The Bertz CT molecular complexity index is 467. The van der Waals surface area contributed by atoms with Gasteiger partial charge in [0.1, 0.15) is 6.10 Å². The lowest BCUT2D eigenvalue weighted by molar-refractivity contribution is 0.188. The Morgan fingerprint density at radius 1 is 1.38 bits per heavy atom. The van der Waals surface area contributed by atoms with Crippen molar-refractivity contribution in [3.8, 4) is 0 Å². The molecule has 16 heavy (non-hydrogen) atoms. The fourth-order valence-corrected chi connectivity index (χ4v) is 2.17. The minimum atomic E-state index is -3.56. The van der Waals surface area contributed by atoms with Crippen LogP contribution in [0.4, 0.5) is 0 Å². The number of aliphatic hydroxyl groups is 1. The Morgan fingerprint density at radius 2 is 1.81 bits per heavy atom. The highest BCUT2D eigenvalue weighted by atomic mass is 127. The zero-order chi connectivity index (χ0) is 12.6. The smallest absolute Gasteiger partial charge is 0.224 e. The molecule has 0 aliphatic rings. The molecule has 0 spiro atoms. The highest BCUT2D eigenvalue weighted by Crippen LogP contribution is 2.42. The van der Waals surface area contributed by atoms with E-state index < -0.39 is 18.2 Å². The standard InChI is InChI=1S/C10H12ClIO3S/c1-7-3-5-8(6-4-7)9(13)10(11,12)16(2,14)15/h3-6,9,13H,1-2H3/t9-,10-/m1/s1. The number of halogens is 2. The van der Waals surface area contributed by atoms with Gasteiger partial charge in [0.05, 0.1) is 0 Å². The molecule has 0 aliphatic carbocycles. The summed E-state index contributed by atoms with van der Waals surface area (Å²) in [5.74, 6) is 0. The van der Waals surface area contributed by atoms with Crippen LogP contribution in [-0.4, -0.2) is 22.0 Å². The fraction of sp³-hybridized carbons (Fsp3) is 0.400. The Hall–Kier alpha value is 0.150. The van der Waals surface area contributed by atoms with Crippen LogP contribution in [0, 0.1) is 6.92 Å². The maximum absolute atomic E-state index is 11.4. The number of sulfone groups is 1. The van der Waals surface area contributed by atoms with Gasteiger partial charge in [-0.1, -0.05) is 41.4 Å². The van der Waals surface area contributed by atoms with E-state index in [-0.39, 0.29) is 0 Å². The number of benzene rings is 1. The first kappa shape index (κ1) is 14.2. The molecule has 0 bridgehead atoms. The molecule has 0 heterocycles. The molecule has 1 aromatic carbocycles. The number of hydrogen-bond donors (Lipinski definition) is 1. The van der Waals surface area contributed by atoms with Gasteiger partial charge in [-0.15, -0.1) is 0 Å². The Kier molecular flexibility index (Phi) is 4.26. The summed E-state index contributed by atoms with van der Waals surface area (Å²) in [6, 6.07) is 6.93. The number of rotatable bonds is 3. The molecule has 0 saturated heterocycles. The van der Waals surface area contributed by atoms with Crippen LogP contribution in [0.25, 0.3) is 0 Å². The first-order valence-corrected chi connectivity index (χ1v) is 7.83. The van der Waals surface area contributed by atoms with Gasteiger partial charge in [0.25, 0.3) is 0 Å². The van der Waals surface area contributed by atoms with E-state index in [1.165, 1.54) is 0 Å². The molecule has 6 heteroatoms. The summed E-state index contributed by atoms with van der Waals surface area (Å²) < 4.78 is 21.1. The molecular weight excluding hydrogens is 363 g/mol. The Morgan fingerprint density at radius 3 is 2.19 bits per heavy atom. The van der Waals surface area contributed by atoms with Crippen molar-refractivity contribution in [1.29, 1.82) is 0 Å². The molecule has 0 unspecified atom stereocenters. The van der Waals surface area contributed by atoms with Crippen LogP contribution in [0.1, 0.15) is 17.2 Å². The molecule has 0 saturated carbocycles. The van der Waals surface area contributed by atoms with Crippen LogP contribution in [-0.2, 0) is 9.84 Å². The monoisotopic (exact) mass is 374 g/mol. The van der Waals surface area contributed by atoms with E-state index in [1.807, 2.05) is 6.92 Å². The molecule has 0 aliphatic heterocycles. The second-order valence-electron chi connectivity index (χ2n) is 3.65. The summed E-state index contributed by atoms with van der Waals surface area (Å²) in [5, 5.41) is 9.96. The van der Waals surface area contributed by atoms with Crippen molar-refractivity contribution in [1.82, 2.24) is 0 Å². The van der Waals surface area contributed by atoms with Crippen LogP contribution in [0.15, 0.2) is 24.3 Å². The fourth-order valence-electron chi connectivity index (χ4n) is 1.15. The molecule has 1 N–H and O–H groups in total. The first-order chi connectivity index (χ1) is 7.16. The molecule has 0 amide bonds. The number of aryl methyl sites for hydroxylation is 1. The van der Waals surface area contributed by atoms with Gasteiger partial charge >= 0.3 is 0 Å². The summed E-state index contributed by atoms with van der Waals surface area (Å²) in [5.41, 5.74) is 1.52. The van der Waals surface area contributed by atoms with Crippen molar-refractivity contribution in [2.24, 2.45) is 0 Å². The average molecular weight is 375 g/mol. The van der Waals surface area contributed by atoms with Crippen molar-refractivity contribution < 1.29 is 13.5 Å². The van der Waals surface area contributed by atoms with Gasteiger partial charge in [-0.2, -0.15) is 0 Å². The van der Waals surface area contributed by atoms with E-state index >= 15 is 0 Å². The highest BCUT2D eigenvalue weighted by Gasteiger charge is 2.43. The Balaban J connectivity index is 3.12. The van der Waals surface area contributed by atoms with Crippen LogP contribution < -0.4 is 0 Å². The molecule has 0 aromatic heterocycles. The van der Waals surface area contributed by atoms with E-state index in [0.717, 1.165) is 11.8 Å². The second-order valence-corrected chi connectivity index (χ2v) is 9.73. The molecule has 3 nitrogen and oxygen atoms in total. The third-order valence-electron chi connectivity index (χ3n) is 2.21. The molecule has 1 aromatic rings. The predicted octanol–water partition coefficient (Wildman–Crippen LogP) is 2.40. The van der Waals surface area contributed by atoms with Gasteiger partial charge in [0, 0.05) is 6.26 Å². The summed E-state index contributed by atoms with van der Waals surface area (Å²) in [4.78, 5) is 0. The SMILES string of the molecule is Cc1ccc([C@@H](O)[C@@](Cl)(I)S(C)(=O)=O)cc1. The lowest BCUT2D eigenvalue weighted by Crippen LogP contribution is -2.31. The highest BCUT2D eigenvalue weighted by molar-refractivity contribution is 14.1. The maximum atomic E-state index is 11.4. The van der Waals surface area contributed by atoms with E-state index in [4.69, 9.17) is 11.6 Å². The first-order valence-electron chi connectivity index (χ1n) is 4.48. The van der Waals surface area contributed by atoms with E-state index in [9.17, 15) is 13.5 Å². The summed E-state index contributed by atoms with van der Waals surface area (Å²) in [7, 11) is -3.56. The third kappa shape index (κ3) is 2.88. The van der Waals surface area contributed by atoms with Crippen molar-refractivity contribution in [2.45, 2.75) is 15.2 Å². The van der Waals surface area contributed by atoms with Crippen LogP contribution in [0.5, 0.6) is 0 Å². The normalized spacial score (nSPS) is 17.8. The minimum absolute atomic E-state index is 0.487. The van der Waals surface area contributed by atoms with Crippen molar-refractivity contribution in [2.75, 3.05) is 6.26 Å². The average Bonchev–Trinajstić information content (AvgIpc) is 2.16. The third-order valence-corrected chi connectivity index (χ3v) is 7.46. The van der Waals surface area contributed by atoms with Gasteiger partial charge in [-0.3, -0.25) is 0 Å². The van der Waals surface area contributed by atoms with Crippen molar-refractivity contribution >= 4 is 44.0 Å². The van der Waals surface area contributed by atoms with E-state index in [0.29, 0.717) is 5.56 Å². The van der Waals surface area contributed by atoms with Crippen molar-refractivity contribution in [3.63, 3.8) is 0 Å². The zero-order valence-corrected chi connectivity index (χ0v) is 12.5.